The second kappa shape index (κ2) is 16.5. The summed E-state index contributed by atoms with van der Waals surface area (Å²) in [5.41, 5.74) is 2.86. The van der Waals surface area contributed by atoms with Crippen molar-refractivity contribution in [1.82, 2.24) is 10.6 Å². The highest BCUT2D eigenvalue weighted by Gasteiger charge is 2.33. The van der Waals surface area contributed by atoms with Gasteiger partial charge in [-0.1, -0.05) is 76.7 Å². The largest absolute Gasteiger partial charge is 0.458 e. The first kappa shape index (κ1) is 34.0. The van der Waals surface area contributed by atoms with Crippen LogP contribution in [0.2, 0.25) is 0 Å². The first-order valence-corrected chi connectivity index (χ1v) is 15.9. The van der Waals surface area contributed by atoms with Crippen LogP contribution in [0.5, 0.6) is 0 Å². The highest BCUT2D eigenvalue weighted by atomic mass is 16.5. The first-order valence-electron chi connectivity index (χ1n) is 15.9. The summed E-state index contributed by atoms with van der Waals surface area (Å²) in [7, 11) is 0. The van der Waals surface area contributed by atoms with Crippen molar-refractivity contribution in [3.8, 4) is 0 Å². The van der Waals surface area contributed by atoms with Crippen molar-refractivity contribution >= 4 is 35.6 Å². The van der Waals surface area contributed by atoms with Gasteiger partial charge in [-0.2, -0.15) is 0 Å². The molecule has 2 aliphatic rings. The van der Waals surface area contributed by atoms with E-state index in [-0.39, 0.29) is 24.3 Å². The van der Waals surface area contributed by atoms with Gasteiger partial charge in [0, 0.05) is 0 Å². The van der Waals surface area contributed by atoms with Crippen molar-refractivity contribution in [2.24, 2.45) is 0 Å². The van der Waals surface area contributed by atoms with E-state index >= 15 is 0 Å². The lowest BCUT2D eigenvalue weighted by atomic mass is 9.92. The van der Waals surface area contributed by atoms with Gasteiger partial charge in [0.1, 0.15) is 13.2 Å². The molecule has 4 amide bonds. The predicted molar refractivity (Wildman–Crippen MR) is 171 cm³/mol. The normalized spacial score (nSPS) is 13.1. The number of nitrogens with one attached hydrogen (secondary N) is 2. The molecule has 0 radical (unpaired) electrons. The third-order valence-electron chi connectivity index (χ3n) is 8.23. The minimum absolute atomic E-state index is 0.0595. The number of ether oxygens (including phenoxy) is 2. The zero-order chi connectivity index (χ0) is 33.1. The fourth-order valence-corrected chi connectivity index (χ4v) is 6.00. The van der Waals surface area contributed by atoms with Gasteiger partial charge in [0.2, 0.25) is 0 Å². The van der Waals surface area contributed by atoms with Crippen LogP contribution in [0.4, 0.5) is 0 Å². The number of unbranched alkanes of at least 4 members (excludes halogenated alkanes) is 9. The lowest BCUT2D eigenvalue weighted by Crippen LogP contribution is -2.20. The van der Waals surface area contributed by atoms with Crippen molar-refractivity contribution in [2.45, 2.75) is 77.0 Å². The molecule has 2 N–H and O–H groups in total. The molecule has 0 aliphatic carbocycles. The van der Waals surface area contributed by atoms with Gasteiger partial charge in [-0.15, -0.1) is 0 Å². The van der Waals surface area contributed by atoms with E-state index in [2.05, 4.69) is 23.8 Å². The van der Waals surface area contributed by atoms with E-state index in [1.165, 1.54) is 24.3 Å². The van der Waals surface area contributed by atoms with Crippen molar-refractivity contribution in [1.29, 1.82) is 0 Å². The summed E-state index contributed by atoms with van der Waals surface area (Å²) in [6, 6.07) is 6.10. The number of hydrogen-bond acceptors (Lipinski definition) is 8. The summed E-state index contributed by atoms with van der Waals surface area (Å²) in [5.74, 6) is -2.93. The SMILES string of the molecule is C=CCOC(=O)c1ccc2c(c1CCCCCCCCCCCCc1c(C(=O)OCC=C)ccc3c1C(=O)NC3=O)C(=O)NC2=O. The topological polar surface area (TPSA) is 145 Å². The zero-order valence-electron chi connectivity index (χ0n) is 26.0. The Morgan fingerprint density at radius 1 is 0.543 bits per heavy atom. The summed E-state index contributed by atoms with van der Waals surface area (Å²) in [6.45, 7) is 7.23. The van der Waals surface area contributed by atoms with Gasteiger partial charge < -0.3 is 9.47 Å². The van der Waals surface area contributed by atoms with Crippen LogP contribution >= 0.6 is 0 Å². The molecule has 2 heterocycles. The van der Waals surface area contributed by atoms with Gasteiger partial charge in [-0.05, 0) is 61.1 Å². The lowest BCUT2D eigenvalue weighted by molar-refractivity contribution is 0.0539. The van der Waals surface area contributed by atoms with E-state index in [1.807, 2.05) is 0 Å². The van der Waals surface area contributed by atoms with Crippen molar-refractivity contribution in [3.05, 3.63) is 94.1 Å². The number of carbonyl (C=O) groups excluding carboxylic acids is 6. The number of benzene rings is 2. The zero-order valence-corrected chi connectivity index (χ0v) is 26.0. The van der Waals surface area contributed by atoms with Gasteiger partial charge in [-0.25, -0.2) is 9.59 Å². The van der Waals surface area contributed by atoms with Crippen LogP contribution in [0.3, 0.4) is 0 Å². The average Bonchev–Trinajstić information content (AvgIpc) is 3.51. The predicted octanol–water partition coefficient (Wildman–Crippen LogP) is 5.83. The molecule has 0 saturated carbocycles. The van der Waals surface area contributed by atoms with Crippen LogP contribution < -0.4 is 10.6 Å². The van der Waals surface area contributed by atoms with Gasteiger partial charge in [0.15, 0.2) is 0 Å². The molecule has 0 saturated heterocycles. The number of amides is 4. The number of rotatable bonds is 19. The van der Waals surface area contributed by atoms with Gasteiger partial charge in [0.25, 0.3) is 23.6 Å². The molecule has 0 spiro atoms. The molecule has 4 rings (SSSR count). The standard InChI is InChI=1S/C36H40N2O8/c1-3-21-45-35(43)25-17-19-27-29(33(41)37-31(27)39)23(25)15-13-11-9-7-5-6-8-10-12-14-16-24-26(36(44)46-22-4-2)18-20-28-30(24)34(42)38-32(28)40/h3-4,17-20H,1-2,5-16,21-22H2,(H,37,39,41)(H,38,40,42). The Bertz CT molecular complexity index is 1440. The van der Waals surface area contributed by atoms with E-state index in [0.29, 0.717) is 46.2 Å². The minimum Gasteiger partial charge on any atom is -0.458 e. The summed E-state index contributed by atoms with van der Waals surface area (Å²) in [5, 5.41) is 4.63. The number of carbonyl (C=O) groups is 6. The molecule has 46 heavy (non-hydrogen) atoms. The first-order chi connectivity index (χ1) is 22.3. The minimum atomic E-state index is -0.537. The molecular weight excluding hydrogens is 588 g/mol. The smallest absolute Gasteiger partial charge is 0.338 e. The van der Waals surface area contributed by atoms with Crippen molar-refractivity contribution in [3.63, 3.8) is 0 Å². The van der Waals surface area contributed by atoms with Crippen LogP contribution in [0.25, 0.3) is 0 Å². The average molecular weight is 629 g/mol. The quantitative estimate of drug-likeness (QED) is 0.0856. The highest BCUT2D eigenvalue weighted by Crippen LogP contribution is 2.28. The molecule has 2 aliphatic heterocycles. The molecule has 0 fully saturated rings. The Labute approximate surface area is 268 Å². The van der Waals surface area contributed by atoms with E-state index in [0.717, 1.165) is 64.2 Å². The van der Waals surface area contributed by atoms with E-state index < -0.39 is 35.6 Å². The fraction of sp³-hybridized carbons (Fsp3) is 0.389. The third-order valence-corrected chi connectivity index (χ3v) is 8.23. The maximum absolute atomic E-state index is 12.6. The Balaban J connectivity index is 1.17. The number of imide groups is 2. The Kier molecular flexibility index (Phi) is 12.2. The Morgan fingerprint density at radius 2 is 0.891 bits per heavy atom. The number of esters is 2. The second-order valence-corrected chi connectivity index (χ2v) is 11.4. The van der Waals surface area contributed by atoms with E-state index in [4.69, 9.17) is 9.47 Å². The van der Waals surface area contributed by atoms with Crippen LogP contribution in [0.1, 0.15) is 137 Å². The molecule has 2 aromatic rings. The maximum atomic E-state index is 12.6. The Morgan fingerprint density at radius 3 is 1.24 bits per heavy atom. The van der Waals surface area contributed by atoms with Gasteiger partial charge in [-0.3, -0.25) is 29.8 Å². The van der Waals surface area contributed by atoms with Gasteiger partial charge in [0.05, 0.1) is 33.4 Å². The summed E-state index contributed by atoms with van der Waals surface area (Å²) in [4.78, 5) is 74.4. The lowest BCUT2D eigenvalue weighted by Gasteiger charge is -2.12. The fourth-order valence-electron chi connectivity index (χ4n) is 6.00. The molecule has 0 unspecified atom stereocenters. The molecule has 0 atom stereocenters. The highest BCUT2D eigenvalue weighted by molar-refractivity contribution is 6.23. The van der Waals surface area contributed by atoms with E-state index in [1.54, 1.807) is 12.1 Å². The monoisotopic (exact) mass is 628 g/mol. The third kappa shape index (κ3) is 8.04. The second-order valence-electron chi connectivity index (χ2n) is 11.4. The summed E-state index contributed by atoms with van der Waals surface area (Å²) in [6.07, 6.45) is 13.7. The number of hydrogen-bond donors (Lipinski definition) is 2. The van der Waals surface area contributed by atoms with E-state index in [9.17, 15) is 28.8 Å². The summed E-state index contributed by atoms with van der Waals surface area (Å²) >= 11 is 0. The summed E-state index contributed by atoms with van der Waals surface area (Å²) < 4.78 is 10.4. The van der Waals surface area contributed by atoms with Crippen molar-refractivity contribution in [2.75, 3.05) is 13.2 Å². The molecule has 242 valence electrons. The molecule has 0 bridgehead atoms. The van der Waals surface area contributed by atoms with Crippen LogP contribution in [0, 0.1) is 0 Å². The molecule has 10 nitrogen and oxygen atoms in total. The van der Waals surface area contributed by atoms with Crippen LogP contribution in [0.15, 0.2) is 49.6 Å². The molecule has 2 aromatic carbocycles. The molecule has 0 aromatic heterocycles. The number of fused-ring (bicyclic) bond motifs is 2. The van der Waals surface area contributed by atoms with Crippen LogP contribution in [-0.4, -0.2) is 48.8 Å². The molecule has 10 heteroatoms. The van der Waals surface area contributed by atoms with Crippen LogP contribution in [-0.2, 0) is 22.3 Å². The van der Waals surface area contributed by atoms with Gasteiger partial charge >= 0.3 is 11.9 Å². The molecular formula is C36H40N2O8. The Hall–Kier alpha value is -4.86. The van der Waals surface area contributed by atoms with Crippen molar-refractivity contribution < 1.29 is 38.2 Å². The maximum Gasteiger partial charge on any atom is 0.338 e.